The minimum Gasteiger partial charge on any atom is -0.404 e. The molecule has 1 aromatic carbocycles. The summed E-state index contributed by atoms with van der Waals surface area (Å²) in [5.41, 5.74) is 13.9. The van der Waals surface area contributed by atoms with Gasteiger partial charge in [0.25, 0.3) is 0 Å². The zero-order valence-electron chi connectivity index (χ0n) is 7.85. The van der Waals surface area contributed by atoms with Crippen LogP contribution in [0, 0.1) is 0 Å². The van der Waals surface area contributed by atoms with Crippen LogP contribution in [0.5, 0.6) is 0 Å². The Balaban J connectivity index is 3.28. The molecule has 0 aromatic heterocycles. The molecule has 0 saturated carbocycles. The average molecular weight is 276 g/mol. The van der Waals surface area contributed by atoms with Crippen molar-refractivity contribution in [3.05, 3.63) is 33.4 Å². The maximum absolute atomic E-state index is 5.97. The van der Waals surface area contributed by atoms with E-state index in [2.05, 4.69) is 15.9 Å². The lowest BCUT2D eigenvalue weighted by molar-refractivity contribution is 1.23. The van der Waals surface area contributed by atoms with Gasteiger partial charge >= 0.3 is 0 Å². The van der Waals surface area contributed by atoms with Crippen molar-refractivity contribution in [2.24, 2.45) is 5.73 Å². The predicted octanol–water partition coefficient (Wildman–Crippen LogP) is 3.39. The first-order valence-corrected chi connectivity index (χ1v) is 5.42. The average Bonchev–Trinajstić information content (AvgIpc) is 2.15. The minimum atomic E-state index is 0.641. The Morgan fingerprint density at radius 1 is 1.57 bits per heavy atom. The molecule has 0 saturated heterocycles. The molecule has 2 nitrogen and oxygen atoms in total. The molecule has 0 unspecified atom stereocenters. The van der Waals surface area contributed by atoms with Crippen LogP contribution in [0.15, 0.2) is 22.8 Å². The number of halogens is 2. The first-order chi connectivity index (χ1) is 6.60. The molecule has 0 spiro atoms. The SMILES string of the molecule is CC/C(=C/N)c1cc(Cl)c(Br)cc1N. The van der Waals surface area contributed by atoms with Crippen molar-refractivity contribution in [1.82, 2.24) is 0 Å². The van der Waals surface area contributed by atoms with Crippen molar-refractivity contribution in [1.29, 1.82) is 0 Å². The van der Waals surface area contributed by atoms with E-state index in [1.165, 1.54) is 0 Å². The van der Waals surface area contributed by atoms with Crippen LogP contribution in [-0.2, 0) is 0 Å². The van der Waals surface area contributed by atoms with Crippen LogP contribution in [0.1, 0.15) is 18.9 Å². The number of nitrogens with two attached hydrogens (primary N) is 2. The Bertz CT molecular complexity index is 375. The fourth-order valence-electron chi connectivity index (χ4n) is 1.24. The summed E-state index contributed by atoms with van der Waals surface area (Å²) in [7, 11) is 0. The maximum atomic E-state index is 5.97. The highest BCUT2D eigenvalue weighted by atomic mass is 79.9. The molecule has 0 atom stereocenters. The Kier molecular flexibility index (Phi) is 3.84. The third-order valence-electron chi connectivity index (χ3n) is 2.02. The normalized spacial score (nSPS) is 11.8. The number of hydrogen-bond donors (Lipinski definition) is 2. The highest BCUT2D eigenvalue weighted by molar-refractivity contribution is 9.10. The molecule has 0 aliphatic heterocycles. The van der Waals surface area contributed by atoms with E-state index < -0.39 is 0 Å². The standard InChI is InChI=1S/C10H12BrClN2/c1-2-6(5-13)7-3-9(12)8(11)4-10(7)14/h3-5H,2,13-14H2,1H3/b6-5-. The van der Waals surface area contributed by atoms with Crippen molar-refractivity contribution in [3.8, 4) is 0 Å². The van der Waals surface area contributed by atoms with Gasteiger partial charge in [-0.25, -0.2) is 0 Å². The monoisotopic (exact) mass is 274 g/mol. The zero-order chi connectivity index (χ0) is 10.7. The van der Waals surface area contributed by atoms with Gasteiger partial charge in [0.15, 0.2) is 0 Å². The summed E-state index contributed by atoms with van der Waals surface area (Å²) in [5.74, 6) is 0. The van der Waals surface area contributed by atoms with Crippen molar-refractivity contribution in [2.45, 2.75) is 13.3 Å². The molecule has 0 fully saturated rings. The molecule has 1 rings (SSSR count). The van der Waals surface area contributed by atoms with Gasteiger partial charge in [0.2, 0.25) is 0 Å². The quantitative estimate of drug-likeness (QED) is 0.813. The molecule has 76 valence electrons. The second-order valence-electron chi connectivity index (χ2n) is 2.90. The summed E-state index contributed by atoms with van der Waals surface area (Å²) < 4.78 is 0.799. The molecule has 0 aliphatic rings. The van der Waals surface area contributed by atoms with Gasteiger partial charge < -0.3 is 11.5 Å². The predicted molar refractivity (Wildman–Crippen MR) is 66.0 cm³/mol. The third kappa shape index (κ3) is 2.22. The van der Waals surface area contributed by atoms with Crippen LogP contribution in [0.25, 0.3) is 5.57 Å². The van der Waals surface area contributed by atoms with Crippen LogP contribution >= 0.6 is 27.5 Å². The number of rotatable bonds is 2. The Morgan fingerprint density at radius 3 is 2.71 bits per heavy atom. The second kappa shape index (κ2) is 4.71. The Labute approximate surface area is 97.1 Å². The molecule has 0 heterocycles. The summed E-state index contributed by atoms with van der Waals surface area (Å²) >= 11 is 9.28. The first-order valence-electron chi connectivity index (χ1n) is 4.25. The van der Waals surface area contributed by atoms with E-state index in [1.807, 2.05) is 13.0 Å². The summed E-state index contributed by atoms with van der Waals surface area (Å²) in [4.78, 5) is 0. The molecule has 0 bridgehead atoms. The molecule has 0 radical (unpaired) electrons. The van der Waals surface area contributed by atoms with E-state index in [1.54, 1.807) is 12.3 Å². The van der Waals surface area contributed by atoms with Gasteiger partial charge in [-0.05, 0) is 46.3 Å². The highest BCUT2D eigenvalue weighted by Gasteiger charge is 2.07. The van der Waals surface area contributed by atoms with E-state index in [4.69, 9.17) is 23.1 Å². The largest absolute Gasteiger partial charge is 0.404 e. The third-order valence-corrected chi connectivity index (χ3v) is 3.22. The van der Waals surface area contributed by atoms with Crippen LogP contribution < -0.4 is 11.5 Å². The van der Waals surface area contributed by atoms with Gasteiger partial charge in [0.1, 0.15) is 0 Å². The number of nitrogen functional groups attached to an aromatic ring is 1. The summed E-state index contributed by atoms with van der Waals surface area (Å²) in [6, 6.07) is 3.61. The first kappa shape index (κ1) is 11.4. The summed E-state index contributed by atoms with van der Waals surface area (Å²) in [6.45, 7) is 2.02. The molecule has 14 heavy (non-hydrogen) atoms. The number of anilines is 1. The maximum Gasteiger partial charge on any atom is 0.0555 e. The van der Waals surface area contributed by atoms with Crippen molar-refractivity contribution < 1.29 is 0 Å². The van der Waals surface area contributed by atoms with Gasteiger partial charge in [0.05, 0.1) is 5.02 Å². The van der Waals surface area contributed by atoms with Crippen molar-refractivity contribution >= 4 is 38.8 Å². The van der Waals surface area contributed by atoms with Gasteiger partial charge in [-0.2, -0.15) is 0 Å². The molecule has 0 aliphatic carbocycles. The van der Waals surface area contributed by atoms with Gasteiger partial charge in [-0.1, -0.05) is 18.5 Å². The molecular weight excluding hydrogens is 263 g/mol. The van der Waals surface area contributed by atoms with Crippen LogP contribution in [-0.4, -0.2) is 0 Å². The number of hydrogen-bond acceptors (Lipinski definition) is 2. The molecule has 1 aromatic rings. The molecule has 0 amide bonds. The lowest BCUT2D eigenvalue weighted by Gasteiger charge is -2.09. The topological polar surface area (TPSA) is 52.0 Å². The van der Waals surface area contributed by atoms with Crippen molar-refractivity contribution in [3.63, 3.8) is 0 Å². The molecule has 4 N–H and O–H groups in total. The van der Waals surface area contributed by atoms with Gasteiger partial charge in [0, 0.05) is 15.7 Å². The lowest BCUT2D eigenvalue weighted by atomic mass is 10.0. The van der Waals surface area contributed by atoms with E-state index in [0.717, 1.165) is 22.0 Å². The van der Waals surface area contributed by atoms with E-state index in [0.29, 0.717) is 10.7 Å². The smallest absolute Gasteiger partial charge is 0.0555 e. The Morgan fingerprint density at radius 2 is 2.21 bits per heavy atom. The number of benzene rings is 1. The van der Waals surface area contributed by atoms with Crippen LogP contribution in [0.2, 0.25) is 5.02 Å². The second-order valence-corrected chi connectivity index (χ2v) is 4.16. The van der Waals surface area contributed by atoms with Crippen molar-refractivity contribution in [2.75, 3.05) is 5.73 Å². The van der Waals surface area contributed by atoms with Gasteiger partial charge in [-0.15, -0.1) is 0 Å². The minimum absolute atomic E-state index is 0.641. The van der Waals surface area contributed by atoms with Crippen LogP contribution in [0.3, 0.4) is 0 Å². The summed E-state index contributed by atoms with van der Waals surface area (Å²) in [5, 5.41) is 0.641. The van der Waals surface area contributed by atoms with E-state index >= 15 is 0 Å². The van der Waals surface area contributed by atoms with E-state index in [-0.39, 0.29) is 0 Å². The summed E-state index contributed by atoms with van der Waals surface area (Å²) in [6.07, 6.45) is 2.40. The molecule has 4 heteroatoms. The fourth-order valence-corrected chi connectivity index (χ4v) is 1.76. The van der Waals surface area contributed by atoms with Crippen LogP contribution in [0.4, 0.5) is 5.69 Å². The van der Waals surface area contributed by atoms with Gasteiger partial charge in [-0.3, -0.25) is 0 Å². The fraction of sp³-hybridized carbons (Fsp3) is 0.200. The number of allylic oxidation sites excluding steroid dienone is 1. The zero-order valence-corrected chi connectivity index (χ0v) is 10.2. The molecular formula is C10H12BrClN2. The lowest BCUT2D eigenvalue weighted by Crippen LogP contribution is -1.96. The van der Waals surface area contributed by atoms with E-state index in [9.17, 15) is 0 Å². The Hall–Kier alpha value is -0.670. The highest BCUT2D eigenvalue weighted by Crippen LogP contribution is 2.32.